The van der Waals surface area contributed by atoms with Crippen LogP contribution in [-0.4, -0.2) is 28.5 Å². The third-order valence-electron chi connectivity index (χ3n) is 4.71. The number of nitrogens with zero attached hydrogens (tertiary/aromatic N) is 2. The fourth-order valence-corrected chi connectivity index (χ4v) is 3.68. The Morgan fingerprint density at radius 1 is 1.21 bits per heavy atom. The van der Waals surface area contributed by atoms with E-state index in [0.717, 1.165) is 36.0 Å². The first-order valence-electron chi connectivity index (χ1n) is 9.12. The molecule has 142 valence electrons. The molecule has 1 aliphatic carbocycles. The molecule has 1 aliphatic rings. The van der Waals surface area contributed by atoms with Gasteiger partial charge in [-0.2, -0.15) is 0 Å². The van der Waals surface area contributed by atoms with Crippen molar-refractivity contribution in [1.29, 1.82) is 0 Å². The van der Waals surface area contributed by atoms with Gasteiger partial charge in [-0.05, 0) is 62.1 Å². The standard InChI is InChI=1S/C21H18ClN3O3/c1-2-28-21(27)12-8-9-23-18(10-12)25-20(26)19-14-4-3-5-16(14)24-17-7-6-13(22)11-15(17)19/h6-11H,2-5H2,1H3,(H,23,25,26). The van der Waals surface area contributed by atoms with Crippen LogP contribution in [0.1, 0.15) is 45.3 Å². The van der Waals surface area contributed by atoms with Crippen LogP contribution < -0.4 is 5.32 Å². The van der Waals surface area contributed by atoms with Crippen molar-refractivity contribution in [2.45, 2.75) is 26.2 Å². The number of carbonyl (C=O) groups is 2. The highest BCUT2D eigenvalue weighted by atomic mass is 35.5. The number of nitrogens with one attached hydrogen (secondary N) is 1. The van der Waals surface area contributed by atoms with E-state index in [0.29, 0.717) is 21.5 Å². The lowest BCUT2D eigenvalue weighted by molar-refractivity contribution is 0.0526. The number of rotatable bonds is 4. The van der Waals surface area contributed by atoms with Crippen molar-refractivity contribution in [3.05, 3.63) is 63.9 Å². The van der Waals surface area contributed by atoms with Gasteiger partial charge in [0.15, 0.2) is 0 Å². The van der Waals surface area contributed by atoms with Gasteiger partial charge in [-0.3, -0.25) is 9.78 Å². The normalized spacial score (nSPS) is 12.6. The van der Waals surface area contributed by atoms with Crippen molar-refractivity contribution < 1.29 is 14.3 Å². The molecule has 28 heavy (non-hydrogen) atoms. The molecule has 0 fully saturated rings. The van der Waals surface area contributed by atoms with E-state index >= 15 is 0 Å². The second-order valence-electron chi connectivity index (χ2n) is 6.53. The maximum Gasteiger partial charge on any atom is 0.338 e. The summed E-state index contributed by atoms with van der Waals surface area (Å²) in [4.78, 5) is 33.9. The minimum absolute atomic E-state index is 0.277. The van der Waals surface area contributed by atoms with Crippen LogP contribution >= 0.6 is 11.6 Å². The van der Waals surface area contributed by atoms with Crippen LogP contribution in [0.15, 0.2) is 36.5 Å². The van der Waals surface area contributed by atoms with E-state index in [9.17, 15) is 9.59 Å². The summed E-state index contributed by atoms with van der Waals surface area (Å²) in [7, 11) is 0. The van der Waals surface area contributed by atoms with Crippen molar-refractivity contribution in [3.63, 3.8) is 0 Å². The number of hydrogen-bond donors (Lipinski definition) is 1. The van der Waals surface area contributed by atoms with Gasteiger partial charge in [0, 0.05) is 22.3 Å². The minimum Gasteiger partial charge on any atom is -0.462 e. The number of pyridine rings is 2. The maximum absolute atomic E-state index is 13.2. The average Bonchev–Trinajstić information content (AvgIpc) is 3.14. The molecule has 2 aromatic heterocycles. The van der Waals surface area contributed by atoms with Gasteiger partial charge in [0.05, 0.1) is 23.3 Å². The Labute approximate surface area is 166 Å². The Bertz CT molecular complexity index is 1100. The average molecular weight is 396 g/mol. The summed E-state index contributed by atoms with van der Waals surface area (Å²) in [5, 5.41) is 4.07. The molecule has 7 heteroatoms. The summed E-state index contributed by atoms with van der Waals surface area (Å²) in [5.41, 5.74) is 3.55. The SMILES string of the molecule is CCOC(=O)c1ccnc(NC(=O)c2c3c(nc4ccc(Cl)cc24)CCC3)c1. The molecule has 0 saturated carbocycles. The Hall–Kier alpha value is -2.99. The number of anilines is 1. The molecule has 6 nitrogen and oxygen atoms in total. The predicted molar refractivity (Wildman–Crippen MR) is 107 cm³/mol. The first kappa shape index (κ1) is 18.4. The second-order valence-corrected chi connectivity index (χ2v) is 6.97. The van der Waals surface area contributed by atoms with Gasteiger partial charge in [-0.15, -0.1) is 0 Å². The summed E-state index contributed by atoms with van der Waals surface area (Å²) in [5.74, 6) is -0.460. The van der Waals surface area contributed by atoms with E-state index in [-0.39, 0.29) is 18.3 Å². The molecule has 1 amide bonds. The number of benzene rings is 1. The molecule has 1 aromatic carbocycles. The molecule has 0 atom stereocenters. The highest BCUT2D eigenvalue weighted by molar-refractivity contribution is 6.31. The van der Waals surface area contributed by atoms with Crippen LogP contribution in [0.2, 0.25) is 5.02 Å². The number of fused-ring (bicyclic) bond motifs is 2. The number of hydrogen-bond acceptors (Lipinski definition) is 5. The molecule has 2 heterocycles. The third kappa shape index (κ3) is 3.43. The van der Waals surface area contributed by atoms with E-state index in [1.807, 2.05) is 6.07 Å². The Kier molecular flexibility index (Phi) is 4.96. The van der Waals surface area contributed by atoms with Gasteiger partial charge in [0.2, 0.25) is 0 Å². The van der Waals surface area contributed by atoms with Gasteiger partial charge in [0.1, 0.15) is 5.82 Å². The van der Waals surface area contributed by atoms with Crippen LogP contribution in [0.5, 0.6) is 0 Å². The summed E-state index contributed by atoms with van der Waals surface area (Å²) in [6, 6.07) is 8.41. The molecular formula is C21H18ClN3O3. The minimum atomic E-state index is -0.456. The lowest BCUT2D eigenvalue weighted by Gasteiger charge is -2.13. The zero-order chi connectivity index (χ0) is 19.7. The van der Waals surface area contributed by atoms with E-state index in [2.05, 4.69) is 15.3 Å². The monoisotopic (exact) mass is 395 g/mol. The Morgan fingerprint density at radius 2 is 2.07 bits per heavy atom. The summed E-state index contributed by atoms with van der Waals surface area (Å²) < 4.78 is 5.00. The van der Waals surface area contributed by atoms with Crippen LogP contribution in [-0.2, 0) is 17.6 Å². The van der Waals surface area contributed by atoms with Crippen molar-refractivity contribution in [2.24, 2.45) is 0 Å². The molecule has 0 saturated heterocycles. The second kappa shape index (κ2) is 7.56. The number of esters is 1. The first-order valence-corrected chi connectivity index (χ1v) is 9.50. The Morgan fingerprint density at radius 3 is 2.89 bits per heavy atom. The lowest BCUT2D eigenvalue weighted by atomic mass is 10.0. The van der Waals surface area contributed by atoms with Gasteiger partial charge in [0.25, 0.3) is 5.91 Å². The highest BCUT2D eigenvalue weighted by Crippen LogP contribution is 2.32. The summed E-state index contributed by atoms with van der Waals surface area (Å²) in [6.07, 6.45) is 4.08. The molecule has 0 aliphatic heterocycles. The van der Waals surface area contributed by atoms with Crippen LogP contribution in [0.25, 0.3) is 10.9 Å². The van der Waals surface area contributed by atoms with Gasteiger partial charge >= 0.3 is 5.97 Å². The molecule has 0 bridgehead atoms. The van der Waals surface area contributed by atoms with Crippen LogP contribution in [0.4, 0.5) is 5.82 Å². The smallest absolute Gasteiger partial charge is 0.338 e. The van der Waals surface area contributed by atoms with Gasteiger partial charge < -0.3 is 10.1 Å². The molecule has 3 aromatic rings. The van der Waals surface area contributed by atoms with E-state index in [1.165, 1.54) is 12.3 Å². The quantitative estimate of drug-likeness (QED) is 0.669. The van der Waals surface area contributed by atoms with Gasteiger partial charge in [-0.1, -0.05) is 11.6 Å². The third-order valence-corrected chi connectivity index (χ3v) is 4.95. The van der Waals surface area contributed by atoms with Crippen molar-refractivity contribution in [1.82, 2.24) is 9.97 Å². The summed E-state index contributed by atoms with van der Waals surface area (Å²) in [6.45, 7) is 2.01. The number of ether oxygens (including phenoxy) is 1. The van der Waals surface area contributed by atoms with E-state index in [4.69, 9.17) is 16.3 Å². The lowest BCUT2D eigenvalue weighted by Crippen LogP contribution is -2.17. The van der Waals surface area contributed by atoms with Crippen molar-refractivity contribution >= 4 is 40.2 Å². The topological polar surface area (TPSA) is 81.2 Å². The molecule has 0 spiro atoms. The van der Waals surface area contributed by atoms with E-state index < -0.39 is 5.97 Å². The number of halogens is 1. The Balaban J connectivity index is 1.73. The number of amides is 1. The fraction of sp³-hybridized carbons (Fsp3) is 0.238. The largest absolute Gasteiger partial charge is 0.462 e. The fourth-order valence-electron chi connectivity index (χ4n) is 3.51. The van der Waals surface area contributed by atoms with Crippen molar-refractivity contribution in [2.75, 3.05) is 11.9 Å². The molecular weight excluding hydrogens is 378 g/mol. The van der Waals surface area contributed by atoms with E-state index in [1.54, 1.807) is 25.1 Å². The highest BCUT2D eigenvalue weighted by Gasteiger charge is 2.24. The molecule has 0 radical (unpaired) electrons. The number of aryl methyl sites for hydroxylation is 1. The zero-order valence-electron chi connectivity index (χ0n) is 15.3. The molecule has 1 N–H and O–H groups in total. The van der Waals surface area contributed by atoms with Crippen LogP contribution in [0.3, 0.4) is 0 Å². The predicted octanol–water partition coefficient (Wildman–Crippen LogP) is 4.20. The first-order chi connectivity index (χ1) is 13.6. The van der Waals surface area contributed by atoms with Crippen molar-refractivity contribution in [3.8, 4) is 0 Å². The molecule has 4 rings (SSSR count). The van der Waals surface area contributed by atoms with Gasteiger partial charge in [-0.25, -0.2) is 9.78 Å². The molecule has 0 unspecified atom stereocenters. The zero-order valence-corrected chi connectivity index (χ0v) is 16.0. The van der Waals surface area contributed by atoms with Crippen LogP contribution in [0, 0.1) is 0 Å². The number of aromatic nitrogens is 2. The summed E-state index contributed by atoms with van der Waals surface area (Å²) >= 11 is 6.17. The number of carbonyl (C=O) groups excluding carboxylic acids is 2. The maximum atomic E-state index is 13.2.